The lowest BCUT2D eigenvalue weighted by molar-refractivity contribution is -0.144. The van der Waals surface area contributed by atoms with Crippen molar-refractivity contribution in [2.75, 3.05) is 6.61 Å². The van der Waals surface area contributed by atoms with Crippen LogP contribution in [0.4, 0.5) is 0 Å². The number of halogens is 2. The first-order valence-corrected chi connectivity index (χ1v) is 10.7. The van der Waals surface area contributed by atoms with Gasteiger partial charge in [0, 0.05) is 27.0 Å². The maximum atomic E-state index is 12.7. The minimum Gasteiger partial charge on any atom is -0.456 e. The lowest BCUT2D eigenvalue weighted by Gasteiger charge is -2.18. The van der Waals surface area contributed by atoms with Gasteiger partial charge in [-0.25, -0.2) is 4.79 Å². The molecule has 0 aliphatic heterocycles. The monoisotopic (exact) mass is 499 g/mol. The molecule has 1 N–H and O–H groups in total. The minimum atomic E-state index is -0.948. The van der Waals surface area contributed by atoms with Gasteiger partial charge in [0.2, 0.25) is 0 Å². The summed E-state index contributed by atoms with van der Waals surface area (Å²) in [6, 6.07) is 21.4. The average molecular weight is 501 g/mol. The normalized spacial score (nSPS) is 11.4. The van der Waals surface area contributed by atoms with Crippen LogP contribution in [-0.4, -0.2) is 30.3 Å². The molecular weight excluding hydrogens is 482 g/mol. The second kappa shape index (κ2) is 10.9. The third kappa shape index (κ3) is 6.77. The summed E-state index contributed by atoms with van der Waals surface area (Å²) >= 11 is 9.16. The molecule has 3 aromatic carbocycles. The zero-order chi connectivity index (χ0) is 22.2. The summed E-state index contributed by atoms with van der Waals surface area (Å²) in [6.45, 7) is -0.431. The van der Waals surface area contributed by atoms with Crippen molar-refractivity contribution in [1.29, 1.82) is 0 Å². The van der Waals surface area contributed by atoms with Crippen LogP contribution >= 0.6 is 27.5 Å². The lowest BCUT2D eigenvalue weighted by Crippen LogP contribution is -2.43. The third-order valence-corrected chi connectivity index (χ3v) is 5.27. The number of carbonyl (C=O) groups is 3. The minimum absolute atomic E-state index is 0.233. The Bertz CT molecular complexity index is 1050. The Labute approximate surface area is 193 Å². The van der Waals surface area contributed by atoms with Crippen molar-refractivity contribution < 1.29 is 19.1 Å². The van der Waals surface area contributed by atoms with E-state index in [1.54, 1.807) is 48.5 Å². The predicted octanol–water partition coefficient (Wildman–Crippen LogP) is 4.87. The molecule has 0 fully saturated rings. The molecular formula is C24H19BrClNO4. The molecule has 158 valence electrons. The number of rotatable bonds is 8. The molecule has 0 saturated carbocycles. The largest absolute Gasteiger partial charge is 0.456 e. The standard InChI is InChI=1S/C24H19BrClNO4/c25-19-10-6-18(7-11-19)23(29)27-21(14-16-4-2-1-3-5-16)24(30)31-15-22(28)17-8-12-20(26)13-9-17/h1-13,21H,14-15H2,(H,27,29). The second-order valence-corrected chi connectivity index (χ2v) is 8.11. The SMILES string of the molecule is O=C(COC(=O)C(Cc1ccccc1)NC(=O)c1ccc(Br)cc1)c1ccc(Cl)cc1. The molecule has 0 saturated heterocycles. The van der Waals surface area contributed by atoms with E-state index in [4.69, 9.17) is 16.3 Å². The van der Waals surface area contributed by atoms with Crippen LogP contribution in [-0.2, 0) is 16.0 Å². The number of hydrogen-bond acceptors (Lipinski definition) is 4. The van der Waals surface area contributed by atoms with Gasteiger partial charge in [0.15, 0.2) is 12.4 Å². The maximum Gasteiger partial charge on any atom is 0.329 e. The molecule has 0 spiro atoms. The van der Waals surface area contributed by atoms with Crippen LogP contribution in [0.1, 0.15) is 26.3 Å². The molecule has 7 heteroatoms. The Hall–Kier alpha value is -2.96. The highest BCUT2D eigenvalue weighted by Crippen LogP contribution is 2.13. The Morgan fingerprint density at radius 1 is 0.871 bits per heavy atom. The Balaban J connectivity index is 1.69. The van der Waals surface area contributed by atoms with Gasteiger partial charge in [-0.1, -0.05) is 57.9 Å². The highest BCUT2D eigenvalue weighted by atomic mass is 79.9. The molecule has 3 rings (SSSR count). The van der Waals surface area contributed by atoms with Crippen LogP contribution in [0.2, 0.25) is 5.02 Å². The first-order valence-electron chi connectivity index (χ1n) is 9.48. The van der Waals surface area contributed by atoms with Gasteiger partial charge in [0.25, 0.3) is 5.91 Å². The second-order valence-electron chi connectivity index (χ2n) is 6.76. The van der Waals surface area contributed by atoms with Gasteiger partial charge in [0.05, 0.1) is 0 Å². The van der Waals surface area contributed by atoms with Gasteiger partial charge < -0.3 is 10.1 Å². The zero-order valence-electron chi connectivity index (χ0n) is 16.4. The summed E-state index contributed by atoms with van der Waals surface area (Å²) in [5, 5.41) is 3.22. The van der Waals surface area contributed by atoms with Crippen LogP contribution in [0.25, 0.3) is 0 Å². The van der Waals surface area contributed by atoms with E-state index in [1.165, 1.54) is 0 Å². The van der Waals surface area contributed by atoms with Crippen LogP contribution in [0.3, 0.4) is 0 Å². The fourth-order valence-corrected chi connectivity index (χ4v) is 3.23. The van der Waals surface area contributed by atoms with Gasteiger partial charge in [-0.3, -0.25) is 9.59 Å². The van der Waals surface area contributed by atoms with Gasteiger partial charge >= 0.3 is 5.97 Å². The van der Waals surface area contributed by atoms with Crippen LogP contribution in [0.15, 0.2) is 83.3 Å². The zero-order valence-corrected chi connectivity index (χ0v) is 18.7. The number of ketones is 1. The fraction of sp³-hybridized carbons (Fsp3) is 0.125. The van der Waals surface area contributed by atoms with Crippen molar-refractivity contribution in [3.8, 4) is 0 Å². The molecule has 0 aliphatic carbocycles. The molecule has 0 radical (unpaired) electrons. The number of benzene rings is 3. The quantitative estimate of drug-likeness (QED) is 0.354. The number of hydrogen-bond donors (Lipinski definition) is 1. The fourth-order valence-electron chi connectivity index (χ4n) is 2.84. The summed E-state index contributed by atoms with van der Waals surface area (Å²) in [5.74, 6) is -1.45. The van der Waals surface area contributed by atoms with Gasteiger partial charge in [-0.2, -0.15) is 0 Å². The molecule has 1 amide bonds. The van der Waals surface area contributed by atoms with Gasteiger partial charge in [-0.05, 0) is 54.1 Å². The summed E-state index contributed by atoms with van der Waals surface area (Å²) in [5.41, 5.74) is 1.64. The average Bonchev–Trinajstić information content (AvgIpc) is 2.78. The van der Waals surface area contributed by atoms with Crippen molar-refractivity contribution >= 4 is 45.2 Å². The summed E-state index contributed by atoms with van der Waals surface area (Å²) in [6.07, 6.45) is 0.233. The van der Waals surface area contributed by atoms with E-state index in [2.05, 4.69) is 21.2 Å². The van der Waals surface area contributed by atoms with E-state index in [-0.39, 0.29) is 12.2 Å². The highest BCUT2D eigenvalue weighted by Gasteiger charge is 2.24. The Morgan fingerprint density at radius 3 is 2.13 bits per heavy atom. The number of amides is 1. The predicted molar refractivity (Wildman–Crippen MR) is 122 cm³/mol. The highest BCUT2D eigenvalue weighted by molar-refractivity contribution is 9.10. The molecule has 31 heavy (non-hydrogen) atoms. The van der Waals surface area contributed by atoms with Crippen molar-refractivity contribution in [2.24, 2.45) is 0 Å². The topological polar surface area (TPSA) is 72.5 Å². The van der Waals surface area contributed by atoms with E-state index in [0.29, 0.717) is 16.1 Å². The number of esters is 1. The van der Waals surface area contributed by atoms with E-state index < -0.39 is 24.5 Å². The van der Waals surface area contributed by atoms with Crippen LogP contribution in [0, 0.1) is 0 Å². The molecule has 1 atom stereocenters. The first-order chi connectivity index (χ1) is 14.9. The smallest absolute Gasteiger partial charge is 0.329 e. The van der Waals surface area contributed by atoms with Crippen molar-refractivity contribution in [3.63, 3.8) is 0 Å². The maximum absolute atomic E-state index is 12.7. The first kappa shape index (κ1) is 22.7. The Kier molecular flexibility index (Phi) is 7.98. The van der Waals surface area contributed by atoms with Gasteiger partial charge in [0.1, 0.15) is 6.04 Å². The van der Waals surface area contributed by atoms with Crippen molar-refractivity contribution in [1.82, 2.24) is 5.32 Å². The molecule has 0 aliphatic rings. The van der Waals surface area contributed by atoms with Crippen molar-refractivity contribution in [2.45, 2.75) is 12.5 Å². The molecule has 0 aromatic heterocycles. The molecule has 0 heterocycles. The molecule has 5 nitrogen and oxygen atoms in total. The van der Waals surface area contributed by atoms with E-state index in [1.807, 2.05) is 30.3 Å². The number of carbonyl (C=O) groups excluding carboxylic acids is 3. The van der Waals surface area contributed by atoms with E-state index >= 15 is 0 Å². The van der Waals surface area contributed by atoms with E-state index in [9.17, 15) is 14.4 Å². The molecule has 1 unspecified atom stereocenters. The summed E-state index contributed by atoms with van der Waals surface area (Å²) in [7, 11) is 0. The van der Waals surface area contributed by atoms with Gasteiger partial charge in [-0.15, -0.1) is 0 Å². The number of Topliss-reactive ketones (excluding diaryl/α,β-unsaturated/α-hetero) is 1. The van der Waals surface area contributed by atoms with Crippen LogP contribution < -0.4 is 5.32 Å². The summed E-state index contributed by atoms with van der Waals surface area (Å²) < 4.78 is 6.07. The number of nitrogens with one attached hydrogen (secondary N) is 1. The number of ether oxygens (including phenoxy) is 1. The Morgan fingerprint density at radius 2 is 1.48 bits per heavy atom. The molecule has 0 bridgehead atoms. The van der Waals surface area contributed by atoms with E-state index in [0.717, 1.165) is 10.0 Å². The third-order valence-electron chi connectivity index (χ3n) is 4.49. The summed E-state index contributed by atoms with van der Waals surface area (Å²) in [4.78, 5) is 37.7. The lowest BCUT2D eigenvalue weighted by atomic mass is 10.1. The molecule has 3 aromatic rings. The van der Waals surface area contributed by atoms with Crippen molar-refractivity contribution in [3.05, 3.63) is 105 Å². The van der Waals surface area contributed by atoms with Crippen LogP contribution in [0.5, 0.6) is 0 Å².